The summed E-state index contributed by atoms with van der Waals surface area (Å²) in [6.07, 6.45) is 0. The third-order valence-electron chi connectivity index (χ3n) is 2.68. The molecule has 1 rings (SSSR count). The van der Waals surface area contributed by atoms with Crippen LogP contribution < -0.4 is 5.32 Å². The van der Waals surface area contributed by atoms with Gasteiger partial charge in [-0.3, -0.25) is 0 Å². The number of ether oxygens (including phenoxy) is 1. The maximum Gasteiger partial charge on any atom is 0.338 e. The Morgan fingerprint density at radius 1 is 1.47 bits per heavy atom. The van der Waals surface area contributed by atoms with Gasteiger partial charge >= 0.3 is 5.97 Å². The highest BCUT2D eigenvalue weighted by Crippen LogP contribution is 2.13. The third kappa shape index (κ3) is 3.84. The van der Waals surface area contributed by atoms with Crippen LogP contribution in [0.1, 0.15) is 25.5 Å². The first-order chi connectivity index (χ1) is 7.97. The summed E-state index contributed by atoms with van der Waals surface area (Å²) in [5.74, 6) is -0.634. The van der Waals surface area contributed by atoms with Crippen LogP contribution in [0.4, 0.5) is 0 Å². The molecular weight excluding hydrogens is 218 g/mol. The molecule has 0 amide bonds. The molecule has 0 saturated heterocycles. The topological polar surface area (TPSA) is 58.6 Å². The number of benzene rings is 1. The van der Waals surface area contributed by atoms with E-state index in [4.69, 9.17) is 0 Å². The molecule has 1 aromatic rings. The summed E-state index contributed by atoms with van der Waals surface area (Å²) in [4.78, 5) is 11.3. The van der Waals surface area contributed by atoms with Crippen molar-refractivity contribution in [1.82, 2.24) is 5.32 Å². The summed E-state index contributed by atoms with van der Waals surface area (Å²) in [6, 6.07) is 9.89. The summed E-state index contributed by atoms with van der Waals surface area (Å²) in [6.45, 7) is 3.56. The van der Waals surface area contributed by atoms with Gasteiger partial charge in [-0.15, -0.1) is 0 Å². The minimum atomic E-state index is -1.50. The van der Waals surface area contributed by atoms with E-state index >= 15 is 0 Å². The second-order valence-corrected chi connectivity index (χ2v) is 4.28. The van der Waals surface area contributed by atoms with E-state index in [1.54, 1.807) is 0 Å². The third-order valence-corrected chi connectivity index (χ3v) is 2.68. The second kappa shape index (κ2) is 5.80. The fraction of sp³-hybridized carbons (Fsp3) is 0.462. The number of carbonyl (C=O) groups is 1. The van der Waals surface area contributed by atoms with Crippen LogP contribution >= 0.6 is 0 Å². The van der Waals surface area contributed by atoms with Crippen molar-refractivity contribution in [2.24, 2.45) is 0 Å². The Labute approximate surface area is 102 Å². The van der Waals surface area contributed by atoms with E-state index < -0.39 is 11.6 Å². The monoisotopic (exact) mass is 237 g/mol. The summed E-state index contributed by atoms with van der Waals surface area (Å²) < 4.78 is 4.52. The van der Waals surface area contributed by atoms with E-state index in [0.29, 0.717) is 0 Å². The molecule has 0 aromatic heterocycles. The molecule has 0 spiro atoms. The minimum absolute atomic E-state index is 0.0623. The average Bonchev–Trinajstić information content (AvgIpc) is 2.36. The van der Waals surface area contributed by atoms with Gasteiger partial charge in [0.15, 0.2) is 5.60 Å². The number of methoxy groups -OCH3 is 1. The van der Waals surface area contributed by atoms with Crippen LogP contribution in [0.25, 0.3) is 0 Å². The first-order valence-corrected chi connectivity index (χ1v) is 5.56. The summed E-state index contributed by atoms with van der Waals surface area (Å²) in [5, 5.41) is 12.9. The van der Waals surface area contributed by atoms with Crippen LogP contribution in [0.5, 0.6) is 0 Å². The molecule has 94 valence electrons. The zero-order valence-corrected chi connectivity index (χ0v) is 10.4. The van der Waals surface area contributed by atoms with Crippen molar-refractivity contribution >= 4 is 5.97 Å². The zero-order chi connectivity index (χ0) is 12.9. The van der Waals surface area contributed by atoms with Crippen LogP contribution in [-0.4, -0.2) is 30.3 Å². The predicted octanol–water partition coefficient (Wildman–Crippen LogP) is 1.26. The number of rotatable bonds is 5. The van der Waals surface area contributed by atoms with Gasteiger partial charge in [-0.25, -0.2) is 4.79 Å². The number of carbonyl (C=O) groups excluding carboxylic acids is 1. The van der Waals surface area contributed by atoms with Crippen molar-refractivity contribution in [3.8, 4) is 0 Å². The number of hydrogen-bond acceptors (Lipinski definition) is 4. The molecule has 0 aliphatic rings. The fourth-order valence-electron chi connectivity index (χ4n) is 1.50. The van der Waals surface area contributed by atoms with Crippen LogP contribution in [0, 0.1) is 0 Å². The maximum atomic E-state index is 11.3. The van der Waals surface area contributed by atoms with Crippen molar-refractivity contribution in [3.63, 3.8) is 0 Å². The van der Waals surface area contributed by atoms with Crippen LogP contribution in [0.2, 0.25) is 0 Å². The first-order valence-electron chi connectivity index (χ1n) is 5.56. The van der Waals surface area contributed by atoms with Crippen molar-refractivity contribution < 1.29 is 14.6 Å². The molecule has 0 heterocycles. The smallest absolute Gasteiger partial charge is 0.338 e. The number of hydrogen-bond donors (Lipinski definition) is 2. The molecule has 1 aromatic carbocycles. The Morgan fingerprint density at radius 2 is 2.06 bits per heavy atom. The van der Waals surface area contributed by atoms with Gasteiger partial charge in [-0.05, 0) is 19.4 Å². The largest absolute Gasteiger partial charge is 0.467 e. The van der Waals surface area contributed by atoms with Crippen molar-refractivity contribution in [3.05, 3.63) is 35.9 Å². The Morgan fingerprint density at radius 3 is 2.59 bits per heavy atom. The van der Waals surface area contributed by atoms with Gasteiger partial charge in [0.2, 0.25) is 0 Å². The molecule has 2 unspecified atom stereocenters. The van der Waals surface area contributed by atoms with Gasteiger partial charge in [-0.1, -0.05) is 30.3 Å². The normalized spacial score (nSPS) is 16.0. The van der Waals surface area contributed by atoms with E-state index in [-0.39, 0.29) is 12.6 Å². The van der Waals surface area contributed by atoms with Crippen LogP contribution in [-0.2, 0) is 9.53 Å². The van der Waals surface area contributed by atoms with Gasteiger partial charge in [0.05, 0.1) is 7.11 Å². The second-order valence-electron chi connectivity index (χ2n) is 4.28. The molecule has 0 radical (unpaired) electrons. The van der Waals surface area contributed by atoms with Crippen molar-refractivity contribution in [2.75, 3.05) is 13.7 Å². The molecule has 17 heavy (non-hydrogen) atoms. The lowest BCUT2D eigenvalue weighted by molar-refractivity contribution is -0.160. The Kier molecular flexibility index (Phi) is 4.66. The standard InChI is InChI=1S/C13H19NO3/c1-10(11-7-5-4-6-8-11)14-9-13(2,16)12(15)17-3/h4-8,10,14,16H,9H2,1-3H3. The molecule has 0 fully saturated rings. The average molecular weight is 237 g/mol. The quantitative estimate of drug-likeness (QED) is 0.757. The maximum absolute atomic E-state index is 11.3. The lowest BCUT2D eigenvalue weighted by atomic mass is 10.0. The van der Waals surface area contributed by atoms with Gasteiger partial charge < -0.3 is 15.2 Å². The highest BCUT2D eigenvalue weighted by Gasteiger charge is 2.31. The molecule has 2 atom stereocenters. The molecule has 0 aliphatic heterocycles. The highest BCUT2D eigenvalue weighted by molar-refractivity contribution is 5.78. The molecule has 4 nitrogen and oxygen atoms in total. The molecule has 4 heteroatoms. The van der Waals surface area contributed by atoms with Gasteiger partial charge in [0.1, 0.15) is 0 Å². The molecule has 2 N–H and O–H groups in total. The van der Waals surface area contributed by atoms with Gasteiger partial charge in [0.25, 0.3) is 0 Å². The number of nitrogens with one attached hydrogen (secondary N) is 1. The van der Waals surface area contributed by atoms with Crippen LogP contribution in [0.15, 0.2) is 30.3 Å². The molecular formula is C13H19NO3. The van der Waals surface area contributed by atoms with E-state index in [9.17, 15) is 9.90 Å². The molecule has 0 aliphatic carbocycles. The summed E-state index contributed by atoms with van der Waals surface area (Å²) in [7, 11) is 1.26. The van der Waals surface area contributed by atoms with Crippen molar-refractivity contribution in [2.45, 2.75) is 25.5 Å². The zero-order valence-electron chi connectivity index (χ0n) is 10.4. The lowest BCUT2D eigenvalue weighted by Gasteiger charge is -2.23. The molecule has 0 bridgehead atoms. The van der Waals surface area contributed by atoms with E-state index in [1.807, 2.05) is 37.3 Å². The lowest BCUT2D eigenvalue weighted by Crippen LogP contribution is -2.46. The first kappa shape index (κ1) is 13.7. The number of esters is 1. The molecule has 0 saturated carbocycles. The Bertz CT molecular complexity index is 362. The Hall–Kier alpha value is -1.39. The fourth-order valence-corrected chi connectivity index (χ4v) is 1.50. The summed E-state index contributed by atoms with van der Waals surface area (Å²) >= 11 is 0. The highest BCUT2D eigenvalue weighted by atomic mass is 16.5. The predicted molar refractivity (Wildman–Crippen MR) is 65.5 cm³/mol. The van der Waals surface area contributed by atoms with Gasteiger partial charge in [-0.2, -0.15) is 0 Å². The van der Waals surface area contributed by atoms with E-state index in [2.05, 4.69) is 10.1 Å². The SMILES string of the molecule is COC(=O)C(C)(O)CNC(C)c1ccccc1. The van der Waals surface area contributed by atoms with Crippen molar-refractivity contribution in [1.29, 1.82) is 0 Å². The number of aliphatic hydroxyl groups is 1. The van der Waals surface area contributed by atoms with Gasteiger partial charge in [0, 0.05) is 12.6 Å². The van der Waals surface area contributed by atoms with E-state index in [0.717, 1.165) is 5.56 Å². The minimum Gasteiger partial charge on any atom is -0.467 e. The Balaban J connectivity index is 2.54. The summed E-state index contributed by atoms with van der Waals surface area (Å²) in [5.41, 5.74) is -0.397. The van der Waals surface area contributed by atoms with Crippen LogP contribution in [0.3, 0.4) is 0 Å². The van der Waals surface area contributed by atoms with E-state index in [1.165, 1.54) is 14.0 Å².